The summed E-state index contributed by atoms with van der Waals surface area (Å²) in [4.78, 5) is 0. The van der Waals surface area contributed by atoms with E-state index in [4.69, 9.17) is 5.73 Å². The summed E-state index contributed by atoms with van der Waals surface area (Å²) in [6, 6.07) is 6.52. The summed E-state index contributed by atoms with van der Waals surface area (Å²) < 4.78 is 2.37. The average molecular weight is 216 g/mol. The summed E-state index contributed by atoms with van der Waals surface area (Å²) in [5.41, 5.74) is 9.79. The lowest BCUT2D eigenvalue weighted by atomic mass is 10.1. The van der Waals surface area contributed by atoms with Gasteiger partial charge >= 0.3 is 0 Å². The number of para-hydroxylation sites is 1. The molecular weight excluding hydrogens is 196 g/mol. The van der Waals surface area contributed by atoms with Crippen LogP contribution in [0.25, 0.3) is 10.9 Å². The zero-order chi connectivity index (χ0) is 11.5. The van der Waals surface area contributed by atoms with Crippen molar-refractivity contribution < 1.29 is 0 Å². The molecule has 0 spiro atoms. The molecule has 2 N–H and O–H groups in total. The first kappa shape index (κ1) is 11.2. The zero-order valence-electron chi connectivity index (χ0n) is 10.2. The Kier molecular flexibility index (Phi) is 3.30. The maximum atomic E-state index is 5.66. The van der Waals surface area contributed by atoms with Crippen LogP contribution >= 0.6 is 0 Å². The lowest BCUT2D eigenvalue weighted by Gasteiger charge is -2.04. The van der Waals surface area contributed by atoms with Gasteiger partial charge in [-0.1, -0.05) is 25.1 Å². The van der Waals surface area contributed by atoms with Crippen molar-refractivity contribution in [3.05, 3.63) is 35.5 Å². The second kappa shape index (κ2) is 4.71. The van der Waals surface area contributed by atoms with Crippen LogP contribution in [-0.4, -0.2) is 11.1 Å². The second-order valence-electron chi connectivity index (χ2n) is 4.36. The quantitative estimate of drug-likeness (QED) is 0.837. The Bertz CT molecular complexity index is 483. The van der Waals surface area contributed by atoms with Crippen molar-refractivity contribution in [1.82, 2.24) is 4.57 Å². The Hall–Kier alpha value is -1.28. The molecule has 0 radical (unpaired) electrons. The number of nitrogens with two attached hydrogens (primary N) is 1. The number of fused-ring (bicyclic) bond motifs is 1. The maximum Gasteiger partial charge on any atom is 0.0512 e. The van der Waals surface area contributed by atoms with Gasteiger partial charge in [-0.3, -0.25) is 0 Å². The van der Waals surface area contributed by atoms with Crippen molar-refractivity contribution in [3.63, 3.8) is 0 Å². The van der Waals surface area contributed by atoms with Crippen molar-refractivity contribution in [1.29, 1.82) is 0 Å². The molecule has 0 fully saturated rings. The normalized spacial score (nSPS) is 11.2. The molecule has 0 aliphatic rings. The molecule has 2 aromatic rings. The molecule has 0 amide bonds. The molecular formula is C14H20N2. The van der Waals surface area contributed by atoms with Crippen LogP contribution < -0.4 is 5.73 Å². The van der Waals surface area contributed by atoms with Crippen LogP contribution in [0.1, 0.15) is 24.5 Å². The second-order valence-corrected chi connectivity index (χ2v) is 4.36. The zero-order valence-corrected chi connectivity index (χ0v) is 10.2. The highest BCUT2D eigenvalue weighted by atomic mass is 15.0. The minimum absolute atomic E-state index is 0.721. The van der Waals surface area contributed by atoms with Crippen LogP contribution in [0.2, 0.25) is 0 Å². The minimum Gasteiger partial charge on any atom is -0.347 e. The minimum atomic E-state index is 0.721. The van der Waals surface area contributed by atoms with E-state index in [1.54, 1.807) is 0 Å². The number of aryl methyl sites for hydroxylation is 2. The summed E-state index contributed by atoms with van der Waals surface area (Å²) in [5.74, 6) is 0. The Morgan fingerprint density at radius 3 is 2.81 bits per heavy atom. The molecule has 0 unspecified atom stereocenters. The lowest BCUT2D eigenvalue weighted by Crippen LogP contribution is -2.02. The van der Waals surface area contributed by atoms with E-state index in [9.17, 15) is 0 Å². The summed E-state index contributed by atoms with van der Waals surface area (Å²) >= 11 is 0. The van der Waals surface area contributed by atoms with Gasteiger partial charge in [-0.15, -0.1) is 0 Å². The van der Waals surface area contributed by atoms with E-state index in [-0.39, 0.29) is 0 Å². The van der Waals surface area contributed by atoms with Crippen molar-refractivity contribution >= 4 is 10.9 Å². The van der Waals surface area contributed by atoms with E-state index in [0.29, 0.717) is 0 Å². The molecule has 0 atom stereocenters. The lowest BCUT2D eigenvalue weighted by molar-refractivity contribution is 0.699. The van der Waals surface area contributed by atoms with Gasteiger partial charge in [0.1, 0.15) is 0 Å². The number of hydrogen-bond donors (Lipinski definition) is 1. The molecule has 0 saturated carbocycles. The molecule has 2 heteroatoms. The van der Waals surface area contributed by atoms with Crippen molar-refractivity contribution in [3.8, 4) is 0 Å². The molecule has 2 nitrogen and oxygen atoms in total. The number of aromatic nitrogens is 1. The Balaban J connectivity index is 2.61. The van der Waals surface area contributed by atoms with Crippen LogP contribution in [0.4, 0.5) is 0 Å². The van der Waals surface area contributed by atoms with Crippen molar-refractivity contribution in [2.75, 3.05) is 6.54 Å². The number of nitrogens with zero attached hydrogens (tertiary/aromatic N) is 1. The predicted molar refractivity (Wildman–Crippen MR) is 69.7 cm³/mol. The Morgan fingerprint density at radius 1 is 1.31 bits per heavy atom. The van der Waals surface area contributed by atoms with Gasteiger partial charge in [0.25, 0.3) is 0 Å². The van der Waals surface area contributed by atoms with Crippen LogP contribution in [-0.2, 0) is 13.0 Å². The summed E-state index contributed by atoms with van der Waals surface area (Å²) in [6.07, 6.45) is 4.41. The van der Waals surface area contributed by atoms with Crippen molar-refractivity contribution in [2.45, 2.75) is 33.2 Å². The van der Waals surface area contributed by atoms with Gasteiger partial charge < -0.3 is 10.3 Å². The molecule has 1 aromatic heterocycles. The third-order valence-corrected chi connectivity index (χ3v) is 3.06. The summed E-state index contributed by atoms with van der Waals surface area (Å²) in [6.45, 7) is 6.21. The largest absolute Gasteiger partial charge is 0.347 e. The molecule has 16 heavy (non-hydrogen) atoms. The van der Waals surface area contributed by atoms with Crippen molar-refractivity contribution in [2.24, 2.45) is 5.73 Å². The Labute approximate surface area is 97.1 Å². The van der Waals surface area contributed by atoms with Crippen LogP contribution in [0.15, 0.2) is 24.4 Å². The maximum absolute atomic E-state index is 5.66. The smallest absolute Gasteiger partial charge is 0.0512 e. The third-order valence-electron chi connectivity index (χ3n) is 3.06. The number of benzene rings is 1. The molecule has 1 heterocycles. The van der Waals surface area contributed by atoms with Gasteiger partial charge in [-0.25, -0.2) is 0 Å². The van der Waals surface area contributed by atoms with Gasteiger partial charge in [0, 0.05) is 18.1 Å². The fourth-order valence-electron chi connectivity index (χ4n) is 2.39. The van der Waals surface area contributed by atoms with E-state index in [1.165, 1.54) is 28.5 Å². The van der Waals surface area contributed by atoms with Gasteiger partial charge in [0.05, 0.1) is 5.52 Å². The van der Waals surface area contributed by atoms with Crippen LogP contribution in [0.5, 0.6) is 0 Å². The van der Waals surface area contributed by atoms with Gasteiger partial charge in [-0.05, 0) is 37.4 Å². The topological polar surface area (TPSA) is 30.9 Å². The van der Waals surface area contributed by atoms with E-state index in [2.05, 4.69) is 42.8 Å². The summed E-state index contributed by atoms with van der Waals surface area (Å²) in [7, 11) is 0. The highest BCUT2D eigenvalue weighted by molar-refractivity contribution is 5.86. The molecule has 2 rings (SSSR count). The monoisotopic (exact) mass is 216 g/mol. The average Bonchev–Trinajstić information content (AvgIpc) is 2.60. The molecule has 0 aliphatic carbocycles. The van der Waals surface area contributed by atoms with E-state index in [0.717, 1.165) is 19.5 Å². The summed E-state index contributed by atoms with van der Waals surface area (Å²) in [5, 5.41) is 1.37. The van der Waals surface area contributed by atoms with Crippen LogP contribution in [0.3, 0.4) is 0 Å². The first-order chi connectivity index (χ1) is 7.77. The van der Waals surface area contributed by atoms with Gasteiger partial charge in [0.2, 0.25) is 0 Å². The molecule has 86 valence electrons. The number of rotatable bonds is 4. The molecule has 0 saturated heterocycles. The van der Waals surface area contributed by atoms with Crippen LogP contribution in [0, 0.1) is 6.92 Å². The highest BCUT2D eigenvalue weighted by Gasteiger charge is 2.08. The SMILES string of the molecule is CCCn1cc(CCN)c2cccc(C)c21. The van der Waals surface area contributed by atoms with E-state index >= 15 is 0 Å². The van der Waals surface area contributed by atoms with E-state index < -0.39 is 0 Å². The molecule has 0 aliphatic heterocycles. The first-order valence-corrected chi connectivity index (χ1v) is 6.05. The number of hydrogen-bond acceptors (Lipinski definition) is 1. The third kappa shape index (κ3) is 1.85. The predicted octanol–water partition coefficient (Wildman–Crippen LogP) is 2.86. The van der Waals surface area contributed by atoms with Gasteiger partial charge in [0.15, 0.2) is 0 Å². The van der Waals surface area contributed by atoms with Gasteiger partial charge in [-0.2, -0.15) is 0 Å². The molecule has 0 bridgehead atoms. The highest BCUT2D eigenvalue weighted by Crippen LogP contribution is 2.25. The first-order valence-electron chi connectivity index (χ1n) is 6.05. The fraction of sp³-hybridized carbons (Fsp3) is 0.429. The standard InChI is InChI=1S/C14H20N2/c1-3-9-16-10-12(7-8-15)13-6-4-5-11(2)14(13)16/h4-6,10H,3,7-9,15H2,1-2H3. The van der Waals surface area contributed by atoms with E-state index in [1.807, 2.05) is 0 Å². The molecule has 1 aromatic carbocycles. The fourth-order valence-corrected chi connectivity index (χ4v) is 2.39. The Morgan fingerprint density at radius 2 is 2.12 bits per heavy atom.